The maximum absolute atomic E-state index is 12.7. The summed E-state index contributed by atoms with van der Waals surface area (Å²) in [5.74, 6) is -1.27. The monoisotopic (exact) mass is 337 g/mol. The van der Waals surface area contributed by atoms with E-state index in [2.05, 4.69) is 5.32 Å². The van der Waals surface area contributed by atoms with Gasteiger partial charge in [-0.15, -0.1) is 0 Å². The first-order valence-electron chi connectivity index (χ1n) is 8.12. The molecule has 1 aliphatic rings. The van der Waals surface area contributed by atoms with Gasteiger partial charge in [0.15, 0.2) is 0 Å². The minimum absolute atomic E-state index is 0.253. The van der Waals surface area contributed by atoms with Crippen LogP contribution in [0.3, 0.4) is 0 Å². The molecule has 1 atom stereocenters. The first-order chi connectivity index (χ1) is 12.1. The van der Waals surface area contributed by atoms with Crippen LogP contribution in [-0.4, -0.2) is 41.8 Å². The highest BCUT2D eigenvalue weighted by Crippen LogP contribution is 2.26. The lowest BCUT2D eigenvalue weighted by Gasteiger charge is -2.25. The van der Waals surface area contributed by atoms with E-state index in [9.17, 15) is 14.4 Å². The van der Waals surface area contributed by atoms with Crippen LogP contribution in [0.5, 0.6) is 0 Å². The molecule has 0 fully saturated rings. The van der Waals surface area contributed by atoms with E-state index in [0.717, 1.165) is 10.5 Å². The van der Waals surface area contributed by atoms with E-state index < -0.39 is 17.9 Å². The molecule has 6 heteroatoms. The molecule has 0 saturated carbocycles. The Bertz CT molecular complexity index is 770. The summed E-state index contributed by atoms with van der Waals surface area (Å²) in [7, 11) is 0. The number of nitrogens with one attached hydrogen (secondary N) is 1. The largest absolute Gasteiger partial charge is 0.353 e. The van der Waals surface area contributed by atoms with Crippen molar-refractivity contribution in [2.45, 2.75) is 12.5 Å². The molecular formula is C19H19N3O3. The molecule has 0 saturated heterocycles. The SMILES string of the molecule is NCCNC(=O)C(Cc1ccccc1)N1C(=O)c2ccccc2C1=O. The number of carbonyl (C=O) groups is 3. The number of nitrogens with zero attached hydrogens (tertiary/aromatic N) is 1. The zero-order valence-electron chi connectivity index (χ0n) is 13.6. The smallest absolute Gasteiger partial charge is 0.262 e. The Morgan fingerprint density at radius 3 is 2.08 bits per heavy atom. The topological polar surface area (TPSA) is 92.5 Å². The Hall–Kier alpha value is -2.99. The summed E-state index contributed by atoms with van der Waals surface area (Å²) in [5, 5.41) is 2.69. The molecule has 3 rings (SSSR count). The van der Waals surface area contributed by atoms with Gasteiger partial charge in [-0.1, -0.05) is 42.5 Å². The molecule has 128 valence electrons. The lowest BCUT2D eigenvalue weighted by atomic mass is 10.0. The number of imide groups is 1. The lowest BCUT2D eigenvalue weighted by Crippen LogP contribution is -2.51. The van der Waals surface area contributed by atoms with Crippen molar-refractivity contribution in [3.05, 3.63) is 71.3 Å². The minimum atomic E-state index is -0.915. The van der Waals surface area contributed by atoms with Crippen molar-refractivity contribution in [2.24, 2.45) is 5.73 Å². The second-order valence-electron chi connectivity index (χ2n) is 5.81. The molecule has 2 aromatic carbocycles. The molecule has 0 aliphatic carbocycles. The first kappa shape index (κ1) is 16.9. The van der Waals surface area contributed by atoms with Crippen molar-refractivity contribution in [1.82, 2.24) is 10.2 Å². The van der Waals surface area contributed by atoms with Crippen molar-refractivity contribution in [3.8, 4) is 0 Å². The van der Waals surface area contributed by atoms with Gasteiger partial charge in [0.1, 0.15) is 6.04 Å². The second-order valence-corrected chi connectivity index (χ2v) is 5.81. The van der Waals surface area contributed by atoms with Gasteiger partial charge in [-0.2, -0.15) is 0 Å². The Kier molecular flexibility index (Phi) is 4.90. The third-order valence-electron chi connectivity index (χ3n) is 4.16. The molecule has 0 spiro atoms. The summed E-state index contributed by atoms with van der Waals surface area (Å²) in [6.45, 7) is 0.569. The van der Waals surface area contributed by atoms with Gasteiger partial charge in [0.05, 0.1) is 11.1 Å². The van der Waals surface area contributed by atoms with Crippen molar-refractivity contribution in [1.29, 1.82) is 0 Å². The average molecular weight is 337 g/mol. The minimum Gasteiger partial charge on any atom is -0.353 e. The summed E-state index contributed by atoms with van der Waals surface area (Å²) < 4.78 is 0. The van der Waals surface area contributed by atoms with Gasteiger partial charge in [0.2, 0.25) is 5.91 Å². The average Bonchev–Trinajstić information content (AvgIpc) is 2.90. The molecule has 1 heterocycles. The van der Waals surface area contributed by atoms with E-state index in [1.807, 2.05) is 30.3 Å². The van der Waals surface area contributed by atoms with Crippen molar-refractivity contribution >= 4 is 17.7 Å². The molecule has 3 amide bonds. The molecule has 0 aromatic heterocycles. The number of hydrogen-bond acceptors (Lipinski definition) is 4. The molecule has 2 aromatic rings. The Morgan fingerprint density at radius 1 is 0.960 bits per heavy atom. The van der Waals surface area contributed by atoms with Crippen molar-refractivity contribution in [3.63, 3.8) is 0 Å². The first-order valence-corrected chi connectivity index (χ1v) is 8.12. The summed E-state index contributed by atoms with van der Waals surface area (Å²) in [6, 6.07) is 15.0. The highest BCUT2D eigenvalue weighted by atomic mass is 16.2. The van der Waals surface area contributed by atoms with Crippen LogP contribution < -0.4 is 11.1 Å². The van der Waals surface area contributed by atoms with Crippen LogP contribution in [0, 0.1) is 0 Å². The van der Waals surface area contributed by atoms with Gasteiger partial charge in [-0.05, 0) is 17.7 Å². The number of benzene rings is 2. The maximum Gasteiger partial charge on any atom is 0.262 e. The van der Waals surface area contributed by atoms with E-state index >= 15 is 0 Å². The molecule has 0 bridgehead atoms. The number of rotatable bonds is 6. The standard InChI is InChI=1S/C19H19N3O3/c20-10-11-21-17(23)16(12-13-6-2-1-3-7-13)22-18(24)14-8-4-5-9-15(14)19(22)25/h1-9,16H,10-12,20H2,(H,21,23). The molecule has 1 unspecified atom stereocenters. The van der Waals surface area contributed by atoms with E-state index in [1.54, 1.807) is 24.3 Å². The Labute approximate surface area is 145 Å². The van der Waals surface area contributed by atoms with Crippen LogP contribution in [-0.2, 0) is 11.2 Å². The van der Waals surface area contributed by atoms with Crippen molar-refractivity contribution in [2.75, 3.05) is 13.1 Å². The number of carbonyl (C=O) groups excluding carboxylic acids is 3. The quantitative estimate of drug-likeness (QED) is 0.768. The fraction of sp³-hybridized carbons (Fsp3) is 0.211. The van der Waals surface area contributed by atoms with Crippen LogP contribution in [0.25, 0.3) is 0 Å². The van der Waals surface area contributed by atoms with Crippen LogP contribution in [0.4, 0.5) is 0 Å². The highest BCUT2D eigenvalue weighted by molar-refractivity contribution is 6.22. The third kappa shape index (κ3) is 3.29. The Morgan fingerprint density at radius 2 is 1.52 bits per heavy atom. The second kappa shape index (κ2) is 7.27. The van der Waals surface area contributed by atoms with Gasteiger partial charge in [-0.25, -0.2) is 0 Å². The van der Waals surface area contributed by atoms with Crippen LogP contribution in [0.15, 0.2) is 54.6 Å². The number of hydrogen-bond donors (Lipinski definition) is 2. The predicted molar refractivity (Wildman–Crippen MR) is 92.9 cm³/mol. The fourth-order valence-electron chi connectivity index (χ4n) is 2.94. The van der Waals surface area contributed by atoms with Gasteiger partial charge < -0.3 is 11.1 Å². The van der Waals surface area contributed by atoms with Crippen LogP contribution in [0.2, 0.25) is 0 Å². The number of fused-ring (bicyclic) bond motifs is 1. The van der Waals surface area contributed by atoms with E-state index in [1.165, 1.54) is 0 Å². The zero-order valence-corrected chi connectivity index (χ0v) is 13.6. The summed E-state index contributed by atoms with van der Waals surface area (Å²) in [5.41, 5.74) is 6.97. The van der Waals surface area contributed by atoms with Crippen LogP contribution >= 0.6 is 0 Å². The highest BCUT2D eigenvalue weighted by Gasteiger charge is 2.42. The third-order valence-corrected chi connectivity index (χ3v) is 4.16. The van der Waals surface area contributed by atoms with Crippen LogP contribution in [0.1, 0.15) is 26.3 Å². The lowest BCUT2D eigenvalue weighted by molar-refractivity contribution is -0.124. The van der Waals surface area contributed by atoms with Crippen molar-refractivity contribution < 1.29 is 14.4 Å². The summed E-state index contributed by atoms with van der Waals surface area (Å²) in [4.78, 5) is 39.1. The fourth-order valence-corrected chi connectivity index (χ4v) is 2.94. The molecule has 3 N–H and O–H groups in total. The van der Waals surface area contributed by atoms with Gasteiger partial charge in [0, 0.05) is 19.5 Å². The van der Waals surface area contributed by atoms with Gasteiger partial charge in [0.25, 0.3) is 11.8 Å². The molecule has 0 radical (unpaired) electrons. The number of nitrogens with two attached hydrogens (primary N) is 1. The normalized spacial score (nSPS) is 14.4. The van der Waals surface area contributed by atoms with Gasteiger partial charge >= 0.3 is 0 Å². The Balaban J connectivity index is 1.93. The zero-order chi connectivity index (χ0) is 17.8. The van der Waals surface area contributed by atoms with E-state index in [4.69, 9.17) is 5.73 Å². The molecular weight excluding hydrogens is 318 g/mol. The maximum atomic E-state index is 12.7. The van der Waals surface area contributed by atoms with E-state index in [0.29, 0.717) is 11.1 Å². The summed E-state index contributed by atoms with van der Waals surface area (Å²) >= 11 is 0. The molecule has 1 aliphatic heterocycles. The molecule has 6 nitrogen and oxygen atoms in total. The molecule has 25 heavy (non-hydrogen) atoms. The van der Waals surface area contributed by atoms with E-state index in [-0.39, 0.29) is 25.4 Å². The van der Waals surface area contributed by atoms with Gasteiger partial charge in [-0.3, -0.25) is 19.3 Å². The predicted octanol–water partition coefficient (Wildman–Crippen LogP) is 0.969. The number of amides is 3. The summed E-state index contributed by atoms with van der Waals surface area (Å²) in [6.07, 6.45) is 0.253.